The van der Waals surface area contributed by atoms with Gasteiger partial charge in [-0.2, -0.15) is 5.26 Å². The molecule has 0 saturated carbocycles. The topological polar surface area (TPSA) is 105 Å². The van der Waals surface area contributed by atoms with Crippen LogP contribution in [0.3, 0.4) is 0 Å². The Hall–Kier alpha value is -2.92. The molecule has 0 aliphatic rings. The number of nitro benzene ring substituents is 1. The minimum absolute atomic E-state index is 0.0201. The minimum Gasteiger partial charge on any atom is -0.477 e. The van der Waals surface area contributed by atoms with Crippen LogP contribution in [-0.4, -0.2) is 17.4 Å². The van der Waals surface area contributed by atoms with Crippen LogP contribution in [0.5, 0.6) is 5.75 Å². The van der Waals surface area contributed by atoms with E-state index in [1.165, 1.54) is 29.5 Å². The molecule has 8 heteroatoms. The van der Waals surface area contributed by atoms with Crippen molar-refractivity contribution < 1.29 is 14.5 Å². The maximum absolute atomic E-state index is 11.9. The highest BCUT2D eigenvalue weighted by Crippen LogP contribution is 2.31. The number of rotatable bonds is 5. The minimum atomic E-state index is -0.576. The van der Waals surface area contributed by atoms with E-state index >= 15 is 0 Å². The first-order valence-electron chi connectivity index (χ1n) is 6.60. The molecule has 1 aromatic heterocycles. The molecule has 2 rings (SSSR count). The standard InChI is InChI=1S/C15H13N3O4S/c1-9-10(2)23-15(11(9)7-16)17-14(19)8-22-13-6-4-3-5-12(13)18(20)21/h3-6H,8H2,1-2H3,(H,17,19). The Morgan fingerprint density at radius 3 is 2.78 bits per heavy atom. The number of nitro groups is 1. The van der Waals surface area contributed by atoms with Crippen molar-refractivity contribution in [1.82, 2.24) is 0 Å². The van der Waals surface area contributed by atoms with Gasteiger partial charge >= 0.3 is 5.69 Å². The number of nitrogens with one attached hydrogen (secondary N) is 1. The predicted octanol–water partition coefficient (Wildman–Crippen LogP) is 3.16. The lowest BCUT2D eigenvalue weighted by molar-refractivity contribution is -0.385. The Labute approximate surface area is 136 Å². The summed E-state index contributed by atoms with van der Waals surface area (Å²) in [5.74, 6) is -0.465. The van der Waals surface area contributed by atoms with Gasteiger partial charge in [-0.25, -0.2) is 0 Å². The number of para-hydroxylation sites is 2. The quantitative estimate of drug-likeness (QED) is 0.669. The number of aryl methyl sites for hydroxylation is 1. The molecular formula is C15H13N3O4S. The molecule has 1 aromatic carbocycles. The van der Waals surface area contributed by atoms with Crippen LogP contribution in [0.1, 0.15) is 16.0 Å². The number of nitrogens with zero attached hydrogens (tertiary/aromatic N) is 2. The largest absolute Gasteiger partial charge is 0.477 e. The summed E-state index contributed by atoms with van der Waals surface area (Å²) in [5.41, 5.74) is 1.04. The molecule has 23 heavy (non-hydrogen) atoms. The molecule has 0 saturated heterocycles. The zero-order valence-corrected chi connectivity index (χ0v) is 13.3. The van der Waals surface area contributed by atoms with Crippen molar-refractivity contribution in [2.75, 3.05) is 11.9 Å². The fraction of sp³-hybridized carbons (Fsp3) is 0.200. The smallest absolute Gasteiger partial charge is 0.310 e. The van der Waals surface area contributed by atoms with Gasteiger partial charge in [0.2, 0.25) is 0 Å². The van der Waals surface area contributed by atoms with E-state index in [1.54, 1.807) is 6.07 Å². The van der Waals surface area contributed by atoms with Crippen LogP contribution in [0.2, 0.25) is 0 Å². The van der Waals surface area contributed by atoms with E-state index in [0.29, 0.717) is 10.6 Å². The number of ether oxygens (including phenoxy) is 1. The first kappa shape index (κ1) is 16.5. The summed E-state index contributed by atoms with van der Waals surface area (Å²) >= 11 is 1.31. The van der Waals surface area contributed by atoms with Gasteiger partial charge in [0.05, 0.1) is 10.5 Å². The van der Waals surface area contributed by atoms with Crippen LogP contribution < -0.4 is 10.1 Å². The first-order chi connectivity index (χ1) is 10.9. The number of benzene rings is 1. The SMILES string of the molecule is Cc1sc(NC(=O)COc2ccccc2[N+](=O)[O-])c(C#N)c1C. The zero-order valence-electron chi connectivity index (χ0n) is 12.5. The van der Waals surface area contributed by atoms with Crippen LogP contribution >= 0.6 is 11.3 Å². The van der Waals surface area contributed by atoms with Crippen LogP contribution in [0.25, 0.3) is 0 Å². The second-order valence-corrected chi connectivity index (χ2v) is 5.89. The predicted molar refractivity (Wildman–Crippen MR) is 85.7 cm³/mol. The highest BCUT2D eigenvalue weighted by molar-refractivity contribution is 7.16. The zero-order chi connectivity index (χ0) is 17.0. The number of anilines is 1. The highest BCUT2D eigenvalue weighted by atomic mass is 32.1. The number of carbonyl (C=O) groups is 1. The molecule has 0 aliphatic heterocycles. The van der Waals surface area contributed by atoms with E-state index < -0.39 is 10.8 Å². The number of nitriles is 1. The van der Waals surface area contributed by atoms with Crippen LogP contribution in [-0.2, 0) is 4.79 Å². The number of hydrogen-bond donors (Lipinski definition) is 1. The molecule has 0 unspecified atom stereocenters. The van der Waals surface area contributed by atoms with E-state index in [4.69, 9.17) is 10.00 Å². The van der Waals surface area contributed by atoms with Crippen molar-refractivity contribution in [1.29, 1.82) is 5.26 Å². The van der Waals surface area contributed by atoms with Gasteiger partial charge in [-0.3, -0.25) is 14.9 Å². The summed E-state index contributed by atoms with van der Waals surface area (Å²) in [6.07, 6.45) is 0. The fourth-order valence-corrected chi connectivity index (χ4v) is 2.91. The summed E-state index contributed by atoms with van der Waals surface area (Å²) < 4.78 is 5.21. The summed E-state index contributed by atoms with van der Waals surface area (Å²) in [5, 5.41) is 23.1. The van der Waals surface area contributed by atoms with Gasteiger partial charge in [-0.15, -0.1) is 11.3 Å². The molecule has 7 nitrogen and oxygen atoms in total. The van der Waals surface area contributed by atoms with Gasteiger partial charge < -0.3 is 10.1 Å². The molecule has 1 N–H and O–H groups in total. The van der Waals surface area contributed by atoms with E-state index in [1.807, 2.05) is 13.8 Å². The van der Waals surface area contributed by atoms with Gasteiger partial charge in [0.1, 0.15) is 11.1 Å². The van der Waals surface area contributed by atoms with Gasteiger partial charge in [-0.1, -0.05) is 12.1 Å². The third-order valence-electron chi connectivity index (χ3n) is 3.17. The third kappa shape index (κ3) is 3.64. The van der Waals surface area contributed by atoms with Gasteiger partial charge in [0.25, 0.3) is 5.91 Å². The van der Waals surface area contributed by atoms with Crippen molar-refractivity contribution in [3.8, 4) is 11.8 Å². The molecule has 0 spiro atoms. The van der Waals surface area contributed by atoms with Crippen molar-refractivity contribution >= 4 is 27.9 Å². The van der Waals surface area contributed by atoms with E-state index in [2.05, 4.69) is 11.4 Å². The fourth-order valence-electron chi connectivity index (χ4n) is 1.89. The summed E-state index contributed by atoms with van der Waals surface area (Å²) in [4.78, 5) is 23.2. The second-order valence-electron chi connectivity index (χ2n) is 4.66. The Kier molecular flexibility index (Phi) is 4.93. The Balaban J connectivity index is 2.06. The van der Waals surface area contributed by atoms with Crippen molar-refractivity contribution in [3.05, 3.63) is 50.4 Å². The van der Waals surface area contributed by atoms with E-state index in [0.717, 1.165) is 10.4 Å². The third-order valence-corrected chi connectivity index (χ3v) is 4.29. The van der Waals surface area contributed by atoms with Crippen molar-refractivity contribution in [2.45, 2.75) is 13.8 Å². The van der Waals surface area contributed by atoms with E-state index in [-0.39, 0.29) is 18.0 Å². The number of amides is 1. The van der Waals surface area contributed by atoms with Crippen LogP contribution in [0.4, 0.5) is 10.7 Å². The first-order valence-corrected chi connectivity index (χ1v) is 7.41. The lowest BCUT2D eigenvalue weighted by atomic mass is 10.2. The molecule has 2 aromatic rings. The number of thiophene rings is 1. The highest BCUT2D eigenvalue weighted by Gasteiger charge is 2.17. The summed E-state index contributed by atoms with van der Waals surface area (Å²) in [6, 6.07) is 7.87. The molecule has 0 fully saturated rings. The molecule has 0 radical (unpaired) electrons. The van der Waals surface area contributed by atoms with Gasteiger partial charge in [-0.05, 0) is 25.5 Å². The molecular weight excluding hydrogens is 318 g/mol. The summed E-state index contributed by atoms with van der Waals surface area (Å²) in [7, 11) is 0. The lowest BCUT2D eigenvalue weighted by Crippen LogP contribution is -2.20. The average Bonchev–Trinajstić information content (AvgIpc) is 2.79. The monoisotopic (exact) mass is 331 g/mol. The molecule has 1 heterocycles. The molecule has 0 atom stereocenters. The van der Waals surface area contributed by atoms with E-state index in [9.17, 15) is 14.9 Å². The second kappa shape index (κ2) is 6.89. The molecule has 118 valence electrons. The Morgan fingerprint density at radius 1 is 1.43 bits per heavy atom. The molecule has 1 amide bonds. The Bertz CT molecular complexity index is 808. The van der Waals surface area contributed by atoms with Crippen molar-refractivity contribution in [3.63, 3.8) is 0 Å². The van der Waals surface area contributed by atoms with Crippen LogP contribution in [0.15, 0.2) is 24.3 Å². The van der Waals surface area contributed by atoms with Gasteiger partial charge in [0.15, 0.2) is 12.4 Å². The maximum Gasteiger partial charge on any atom is 0.310 e. The Morgan fingerprint density at radius 2 is 2.13 bits per heavy atom. The number of carbonyl (C=O) groups excluding carboxylic acids is 1. The van der Waals surface area contributed by atoms with Crippen LogP contribution in [0, 0.1) is 35.3 Å². The average molecular weight is 331 g/mol. The lowest BCUT2D eigenvalue weighted by Gasteiger charge is -2.07. The normalized spacial score (nSPS) is 9.96. The summed E-state index contributed by atoms with van der Waals surface area (Å²) in [6.45, 7) is 3.29. The van der Waals surface area contributed by atoms with Gasteiger partial charge in [0, 0.05) is 10.9 Å². The molecule has 0 bridgehead atoms. The van der Waals surface area contributed by atoms with Crippen molar-refractivity contribution in [2.24, 2.45) is 0 Å². The maximum atomic E-state index is 11.9. The molecule has 0 aliphatic carbocycles. The number of hydrogen-bond acceptors (Lipinski definition) is 6.